The van der Waals surface area contributed by atoms with E-state index in [0.29, 0.717) is 92.7 Å². The number of benzene rings is 2. The van der Waals surface area contributed by atoms with Gasteiger partial charge in [-0.15, -0.1) is 0 Å². The summed E-state index contributed by atoms with van der Waals surface area (Å²) in [5, 5.41) is 35.6. The summed E-state index contributed by atoms with van der Waals surface area (Å²) < 4.78 is 81.8. The second kappa shape index (κ2) is 27.3. The van der Waals surface area contributed by atoms with Crippen molar-refractivity contribution < 1.29 is 65.6 Å². The van der Waals surface area contributed by atoms with E-state index < -0.39 is 40.5 Å². The molecule has 0 saturated heterocycles. The molecule has 5 N–H and O–H groups in total. The Bertz CT molecular complexity index is 3250. The standard InChI is InChI=1S/C33H44FN5O4.C27H33FN4O3.C2HF3O2/c1-22-10-8-12-25(29(22)34)42-24-14-17-33(18-15-24,30(41)35-21-28(40)43-32(5,6)7)20-23-11-9-13-26(37-23)38-27-16-19-36-39(27)31(2,3)4;1-18-7-5-9-21(24(18)28)35-20-11-14-27(15-12-20,25(33)34)17-19-8-6-10-22(30-19)31-23-13-16-29-32(23)26(2,3)4;3-2(4,5)1(6)7/h8-13,16,19,24H,14-15,17-18,20-21H2,1-7H3,(H,35,41)(H,37,38);5-10,13,16,20H,11-12,14-15,17H2,1-4H3,(H,30,31)(H,33,34);(H,6,7). The van der Waals surface area contributed by atoms with Crippen LogP contribution in [0.4, 0.5) is 45.2 Å². The van der Waals surface area contributed by atoms with Crippen LogP contribution in [0.5, 0.6) is 11.5 Å². The number of hydrogen-bond acceptors (Lipinski definition) is 13. The number of anilines is 4. The van der Waals surface area contributed by atoms with Crippen molar-refractivity contribution in [1.29, 1.82) is 0 Å². The van der Waals surface area contributed by atoms with Crippen LogP contribution >= 0.6 is 0 Å². The van der Waals surface area contributed by atoms with Crippen molar-refractivity contribution >= 4 is 47.1 Å². The van der Waals surface area contributed by atoms with Crippen LogP contribution in [0.1, 0.15) is 136 Å². The number of ether oxygens (including phenoxy) is 3. The minimum absolute atomic E-state index is 0.196. The molecule has 2 aromatic carbocycles. The molecular weight excluding hydrogens is 1110 g/mol. The number of carboxylic acid groups (broad SMARTS) is 2. The number of aliphatic carboxylic acids is 2. The van der Waals surface area contributed by atoms with E-state index in [9.17, 15) is 41.4 Å². The molecule has 2 aliphatic carbocycles. The summed E-state index contributed by atoms with van der Waals surface area (Å²) in [7, 11) is 0. The molecule has 18 nitrogen and oxygen atoms in total. The first kappa shape index (κ1) is 66.0. The van der Waals surface area contributed by atoms with Crippen molar-refractivity contribution in [3.63, 3.8) is 0 Å². The van der Waals surface area contributed by atoms with Gasteiger partial charge in [0.15, 0.2) is 23.1 Å². The van der Waals surface area contributed by atoms with E-state index in [1.807, 2.05) is 57.9 Å². The maximum absolute atomic E-state index is 14.6. The zero-order valence-corrected chi connectivity index (χ0v) is 50.0. The van der Waals surface area contributed by atoms with Gasteiger partial charge < -0.3 is 40.4 Å². The fourth-order valence-electron chi connectivity index (χ4n) is 10.1. The molecule has 0 atom stereocenters. The Kier molecular flexibility index (Phi) is 21.2. The summed E-state index contributed by atoms with van der Waals surface area (Å²) in [6.45, 7) is 21.0. The second-order valence-electron chi connectivity index (χ2n) is 24.6. The molecule has 6 aromatic rings. The van der Waals surface area contributed by atoms with E-state index >= 15 is 0 Å². The fourth-order valence-corrected chi connectivity index (χ4v) is 10.1. The third-order valence-corrected chi connectivity index (χ3v) is 14.4. The van der Waals surface area contributed by atoms with E-state index in [1.165, 1.54) is 0 Å². The van der Waals surface area contributed by atoms with Gasteiger partial charge in [-0.1, -0.05) is 36.4 Å². The van der Waals surface area contributed by atoms with Crippen molar-refractivity contribution in [3.8, 4) is 11.5 Å². The molecule has 0 radical (unpaired) electrons. The van der Waals surface area contributed by atoms with Crippen LogP contribution in [0, 0.1) is 36.3 Å². The van der Waals surface area contributed by atoms with Gasteiger partial charge in [-0.2, -0.15) is 23.4 Å². The molecule has 4 heterocycles. The molecule has 0 aliphatic heterocycles. The summed E-state index contributed by atoms with van der Waals surface area (Å²) in [5.74, 6) is -1.68. The maximum Gasteiger partial charge on any atom is 0.490 e. The lowest BCUT2D eigenvalue weighted by atomic mass is 9.69. The van der Waals surface area contributed by atoms with Crippen LogP contribution in [0.3, 0.4) is 0 Å². The highest BCUT2D eigenvalue weighted by Crippen LogP contribution is 2.43. The molecule has 2 fully saturated rings. The van der Waals surface area contributed by atoms with Crippen molar-refractivity contribution in [1.82, 2.24) is 34.8 Å². The number of nitrogens with one attached hydrogen (secondary N) is 3. The van der Waals surface area contributed by atoms with Gasteiger partial charge in [0, 0.05) is 36.4 Å². The Labute approximate surface area is 492 Å². The number of alkyl halides is 3. The minimum atomic E-state index is -5.08. The normalized spacial score (nSPS) is 19.0. The maximum atomic E-state index is 14.6. The number of esters is 1. The lowest BCUT2D eigenvalue weighted by Crippen LogP contribution is -2.48. The van der Waals surface area contributed by atoms with Gasteiger partial charge in [-0.05, 0) is 175 Å². The molecule has 85 heavy (non-hydrogen) atoms. The molecule has 0 unspecified atom stereocenters. The summed E-state index contributed by atoms with van der Waals surface area (Å²) in [5.41, 5.74) is -0.319. The van der Waals surface area contributed by atoms with E-state index in [-0.39, 0.29) is 58.9 Å². The summed E-state index contributed by atoms with van der Waals surface area (Å²) in [6.07, 6.45) is 2.69. The second-order valence-corrected chi connectivity index (χ2v) is 24.6. The number of amides is 1. The lowest BCUT2D eigenvalue weighted by molar-refractivity contribution is -0.192. The number of nitrogens with zero attached hydrogens (tertiary/aromatic N) is 6. The predicted octanol–water partition coefficient (Wildman–Crippen LogP) is 12.7. The Morgan fingerprint density at radius 1 is 0.600 bits per heavy atom. The molecular formula is C62H78F5N9O9. The van der Waals surface area contributed by atoms with Crippen molar-refractivity contribution in [2.75, 3.05) is 17.2 Å². The third kappa shape index (κ3) is 18.4. The SMILES string of the molecule is Cc1cccc(OC2CCC(Cc3cccc(Nc4ccnn4C(C)(C)C)n3)(C(=O)NCC(=O)OC(C)(C)C)CC2)c1F.Cc1cccc(OC2CCC(Cc3cccc(Nc4ccnn4C(C)(C)C)n3)(C(=O)O)CC2)c1F.O=C(O)C(F)(F)F. The fraction of sp³-hybridized carbons (Fsp3) is 0.484. The van der Waals surface area contributed by atoms with Crippen LogP contribution in [-0.4, -0.2) is 94.1 Å². The number of pyridine rings is 2. The van der Waals surface area contributed by atoms with Gasteiger partial charge in [-0.25, -0.2) is 32.9 Å². The number of carbonyl (C=O) groups is 4. The molecule has 2 saturated carbocycles. The number of carbonyl (C=O) groups excluding carboxylic acids is 2. The average Bonchev–Trinajstić information content (AvgIpc) is 2.76. The zero-order valence-electron chi connectivity index (χ0n) is 50.0. The van der Waals surface area contributed by atoms with Crippen LogP contribution in [0.2, 0.25) is 0 Å². The zero-order chi connectivity index (χ0) is 62.7. The number of halogens is 5. The number of rotatable bonds is 16. The average molecular weight is 1190 g/mol. The van der Waals surface area contributed by atoms with Crippen molar-refractivity contribution in [2.24, 2.45) is 10.8 Å². The minimum Gasteiger partial charge on any atom is -0.487 e. The van der Waals surface area contributed by atoms with Gasteiger partial charge in [0.1, 0.15) is 35.4 Å². The van der Waals surface area contributed by atoms with Crippen molar-refractivity contribution in [3.05, 3.63) is 131 Å². The topological polar surface area (TPSA) is 234 Å². The Hall–Kier alpha value is -8.11. The van der Waals surface area contributed by atoms with E-state index in [2.05, 4.69) is 67.7 Å². The van der Waals surface area contributed by atoms with Crippen LogP contribution in [0.15, 0.2) is 97.3 Å². The van der Waals surface area contributed by atoms with Gasteiger partial charge in [0.25, 0.3) is 0 Å². The van der Waals surface area contributed by atoms with E-state index in [0.717, 1.165) is 17.3 Å². The number of aromatic nitrogens is 6. The number of hydrogen-bond donors (Lipinski definition) is 5. The highest BCUT2D eigenvalue weighted by molar-refractivity contribution is 5.86. The monoisotopic (exact) mass is 1190 g/mol. The summed E-state index contributed by atoms with van der Waals surface area (Å²) in [6, 6.07) is 25.3. The quantitative estimate of drug-likeness (QED) is 0.0448. The van der Waals surface area contributed by atoms with E-state index in [4.69, 9.17) is 34.1 Å². The first-order chi connectivity index (χ1) is 39.7. The van der Waals surface area contributed by atoms with Crippen LogP contribution in [-0.2, 0) is 47.8 Å². The molecule has 2 aliphatic rings. The summed E-state index contributed by atoms with van der Waals surface area (Å²) in [4.78, 5) is 57.0. The van der Waals surface area contributed by atoms with Gasteiger partial charge in [0.2, 0.25) is 5.91 Å². The smallest absolute Gasteiger partial charge is 0.487 e. The lowest BCUT2D eigenvalue weighted by Gasteiger charge is -2.39. The highest BCUT2D eigenvalue weighted by Gasteiger charge is 2.45. The Morgan fingerprint density at radius 3 is 1.36 bits per heavy atom. The first-order valence-corrected chi connectivity index (χ1v) is 28.1. The number of aryl methyl sites for hydroxylation is 2. The third-order valence-electron chi connectivity index (χ3n) is 14.4. The Morgan fingerprint density at radius 2 is 0.988 bits per heavy atom. The van der Waals surface area contributed by atoms with Gasteiger partial charge in [0.05, 0.1) is 46.5 Å². The summed E-state index contributed by atoms with van der Waals surface area (Å²) >= 11 is 0. The predicted molar refractivity (Wildman–Crippen MR) is 310 cm³/mol. The molecule has 0 bridgehead atoms. The van der Waals surface area contributed by atoms with E-state index in [1.54, 1.807) is 83.4 Å². The van der Waals surface area contributed by atoms with Gasteiger partial charge >= 0.3 is 24.1 Å². The van der Waals surface area contributed by atoms with Crippen molar-refractivity contribution in [2.45, 2.75) is 175 Å². The first-order valence-electron chi connectivity index (χ1n) is 28.1. The van der Waals surface area contributed by atoms with Crippen LogP contribution < -0.4 is 25.4 Å². The molecule has 4 aromatic heterocycles. The van der Waals surface area contributed by atoms with Gasteiger partial charge in [-0.3, -0.25) is 14.4 Å². The largest absolute Gasteiger partial charge is 0.490 e. The molecule has 0 spiro atoms. The molecule has 460 valence electrons. The Balaban J connectivity index is 0.000000248. The number of carboxylic acids is 2. The molecule has 8 rings (SSSR count). The molecule has 23 heteroatoms. The van der Waals surface area contributed by atoms with Crippen LogP contribution in [0.25, 0.3) is 0 Å². The highest BCUT2D eigenvalue weighted by atomic mass is 19.4. The molecule has 1 amide bonds.